The van der Waals surface area contributed by atoms with Gasteiger partial charge in [-0.1, -0.05) is 42.5 Å². The average Bonchev–Trinajstić information content (AvgIpc) is 3.18. The molecule has 3 N–H and O–H groups in total. The van der Waals surface area contributed by atoms with E-state index < -0.39 is 23.7 Å². The second-order valence-electron chi connectivity index (χ2n) is 5.67. The highest BCUT2D eigenvalue weighted by molar-refractivity contribution is 5.95. The van der Waals surface area contributed by atoms with E-state index in [2.05, 4.69) is 21.0 Å². The molecule has 0 aliphatic carbocycles. The standard InChI is InChI=1S/C19H17FN4O3/c1-12(27-17-10-6-5-9-14(17)20)18(25)23-24-19(26)16-11-15(21-22-16)13-7-3-2-4-8-13/h2-12H,1H3,(H,21,22)(H,23,25)(H,24,26)/t12-/m0/s1. The van der Waals surface area contributed by atoms with E-state index in [-0.39, 0.29) is 11.4 Å². The van der Waals surface area contributed by atoms with Crippen molar-refractivity contribution in [1.29, 1.82) is 0 Å². The van der Waals surface area contributed by atoms with Gasteiger partial charge >= 0.3 is 0 Å². The normalized spacial score (nSPS) is 11.5. The van der Waals surface area contributed by atoms with Crippen LogP contribution in [-0.2, 0) is 4.79 Å². The van der Waals surface area contributed by atoms with E-state index >= 15 is 0 Å². The van der Waals surface area contributed by atoms with Crippen LogP contribution in [0.5, 0.6) is 5.75 Å². The zero-order valence-electron chi connectivity index (χ0n) is 14.4. The number of aromatic amines is 1. The maximum atomic E-state index is 13.6. The van der Waals surface area contributed by atoms with Crippen LogP contribution in [0.25, 0.3) is 11.3 Å². The number of benzene rings is 2. The molecule has 3 rings (SSSR count). The summed E-state index contributed by atoms with van der Waals surface area (Å²) in [5.74, 6) is -1.83. The number of rotatable bonds is 5. The molecule has 0 radical (unpaired) electrons. The fraction of sp³-hybridized carbons (Fsp3) is 0.105. The third kappa shape index (κ3) is 4.49. The largest absolute Gasteiger partial charge is 0.478 e. The van der Waals surface area contributed by atoms with E-state index in [0.29, 0.717) is 5.69 Å². The highest BCUT2D eigenvalue weighted by Gasteiger charge is 2.18. The van der Waals surface area contributed by atoms with Crippen molar-refractivity contribution in [2.24, 2.45) is 0 Å². The van der Waals surface area contributed by atoms with Crippen LogP contribution in [-0.4, -0.2) is 28.1 Å². The minimum absolute atomic E-state index is 0.0486. The number of halogens is 1. The quantitative estimate of drug-likeness (QED) is 0.603. The first-order valence-corrected chi connectivity index (χ1v) is 8.17. The average molecular weight is 368 g/mol. The van der Waals surface area contributed by atoms with Crippen molar-refractivity contribution in [3.8, 4) is 17.0 Å². The maximum Gasteiger partial charge on any atom is 0.287 e. The molecule has 8 heteroatoms. The second kappa shape index (κ2) is 8.13. The van der Waals surface area contributed by atoms with Gasteiger partial charge in [-0.05, 0) is 25.1 Å². The molecule has 0 unspecified atom stereocenters. The van der Waals surface area contributed by atoms with Crippen molar-refractivity contribution < 1.29 is 18.7 Å². The van der Waals surface area contributed by atoms with E-state index in [0.717, 1.165) is 5.56 Å². The number of carbonyl (C=O) groups is 2. The van der Waals surface area contributed by atoms with Gasteiger partial charge in [0.05, 0.1) is 5.69 Å². The highest BCUT2D eigenvalue weighted by Crippen LogP contribution is 2.17. The molecule has 1 heterocycles. The minimum Gasteiger partial charge on any atom is -0.478 e. The summed E-state index contributed by atoms with van der Waals surface area (Å²) < 4.78 is 18.8. The lowest BCUT2D eigenvalue weighted by Gasteiger charge is -2.15. The molecule has 0 fully saturated rings. The Morgan fingerprint density at radius 2 is 1.78 bits per heavy atom. The van der Waals surface area contributed by atoms with Crippen molar-refractivity contribution in [1.82, 2.24) is 21.0 Å². The number of carbonyl (C=O) groups excluding carboxylic acids is 2. The Morgan fingerprint density at radius 1 is 1.07 bits per heavy atom. The zero-order valence-corrected chi connectivity index (χ0v) is 14.4. The predicted molar refractivity (Wildman–Crippen MR) is 96.1 cm³/mol. The number of hydrogen-bond donors (Lipinski definition) is 3. The molecular formula is C19H17FN4O3. The lowest BCUT2D eigenvalue weighted by molar-refractivity contribution is -0.128. The number of ether oxygens (including phenoxy) is 1. The fourth-order valence-electron chi connectivity index (χ4n) is 2.27. The molecule has 0 bridgehead atoms. The number of H-pyrrole nitrogens is 1. The number of hydrazine groups is 1. The predicted octanol–water partition coefficient (Wildman–Crippen LogP) is 2.44. The summed E-state index contributed by atoms with van der Waals surface area (Å²) in [5, 5.41) is 6.68. The Hall–Kier alpha value is -3.68. The number of hydrogen-bond acceptors (Lipinski definition) is 4. The van der Waals surface area contributed by atoms with Gasteiger partial charge in [-0.15, -0.1) is 0 Å². The lowest BCUT2D eigenvalue weighted by atomic mass is 10.1. The van der Waals surface area contributed by atoms with Gasteiger partial charge in [-0.2, -0.15) is 5.10 Å². The van der Waals surface area contributed by atoms with Gasteiger partial charge in [0.1, 0.15) is 5.69 Å². The summed E-state index contributed by atoms with van der Waals surface area (Å²) in [6.07, 6.45) is -1.01. The van der Waals surface area contributed by atoms with Crippen molar-refractivity contribution in [2.45, 2.75) is 13.0 Å². The molecule has 2 amide bonds. The Morgan fingerprint density at radius 3 is 2.52 bits per heavy atom. The van der Waals surface area contributed by atoms with Crippen LogP contribution >= 0.6 is 0 Å². The van der Waals surface area contributed by atoms with E-state index in [9.17, 15) is 14.0 Å². The van der Waals surface area contributed by atoms with Gasteiger partial charge in [0.2, 0.25) is 0 Å². The van der Waals surface area contributed by atoms with Gasteiger partial charge in [0, 0.05) is 5.56 Å². The molecule has 0 saturated heterocycles. The van der Waals surface area contributed by atoms with Crippen LogP contribution in [0.3, 0.4) is 0 Å². The molecule has 27 heavy (non-hydrogen) atoms. The monoisotopic (exact) mass is 368 g/mol. The summed E-state index contributed by atoms with van der Waals surface area (Å²) >= 11 is 0. The summed E-state index contributed by atoms with van der Waals surface area (Å²) in [6, 6.07) is 16.6. The number of aromatic nitrogens is 2. The molecule has 0 saturated carbocycles. The third-order valence-corrected chi connectivity index (χ3v) is 3.70. The highest BCUT2D eigenvalue weighted by atomic mass is 19.1. The van der Waals surface area contributed by atoms with Crippen molar-refractivity contribution in [3.63, 3.8) is 0 Å². The smallest absolute Gasteiger partial charge is 0.287 e. The fourth-order valence-corrected chi connectivity index (χ4v) is 2.27. The van der Waals surface area contributed by atoms with Crippen LogP contribution in [0.15, 0.2) is 60.7 Å². The number of para-hydroxylation sites is 1. The van der Waals surface area contributed by atoms with Gasteiger partial charge in [0.15, 0.2) is 17.7 Å². The Bertz CT molecular complexity index is 943. The van der Waals surface area contributed by atoms with Gasteiger partial charge in [-0.25, -0.2) is 4.39 Å². The van der Waals surface area contributed by atoms with Crippen LogP contribution < -0.4 is 15.6 Å². The SMILES string of the molecule is C[C@H](Oc1ccccc1F)C(=O)NNC(=O)c1cc(-c2ccccc2)n[nH]1. The number of nitrogens with zero attached hydrogens (tertiary/aromatic N) is 1. The van der Waals surface area contributed by atoms with Crippen LogP contribution in [0.2, 0.25) is 0 Å². The number of amides is 2. The molecule has 1 aromatic heterocycles. The van der Waals surface area contributed by atoms with Crippen LogP contribution in [0.4, 0.5) is 4.39 Å². The molecule has 2 aromatic carbocycles. The van der Waals surface area contributed by atoms with E-state index in [4.69, 9.17) is 4.74 Å². The molecule has 1 atom stereocenters. The molecule has 0 aliphatic rings. The molecule has 0 spiro atoms. The van der Waals surface area contributed by atoms with Crippen LogP contribution in [0.1, 0.15) is 17.4 Å². The van der Waals surface area contributed by atoms with Gasteiger partial charge in [-0.3, -0.25) is 25.5 Å². The Labute approximate surface area is 154 Å². The van der Waals surface area contributed by atoms with Crippen molar-refractivity contribution in [2.75, 3.05) is 0 Å². The first-order valence-electron chi connectivity index (χ1n) is 8.17. The topological polar surface area (TPSA) is 96.1 Å². The molecule has 0 aliphatic heterocycles. The number of nitrogens with one attached hydrogen (secondary N) is 3. The van der Waals surface area contributed by atoms with Crippen LogP contribution in [0, 0.1) is 5.82 Å². The molecule has 138 valence electrons. The van der Waals surface area contributed by atoms with Gasteiger partial charge in [0.25, 0.3) is 11.8 Å². The van der Waals surface area contributed by atoms with Crippen molar-refractivity contribution in [3.05, 3.63) is 72.2 Å². The summed E-state index contributed by atoms with van der Waals surface area (Å²) in [5.41, 5.74) is 6.13. The Balaban J connectivity index is 1.55. The van der Waals surface area contributed by atoms with E-state index in [1.54, 1.807) is 12.1 Å². The zero-order chi connectivity index (χ0) is 19.2. The summed E-state index contributed by atoms with van der Waals surface area (Å²) in [6.45, 7) is 1.44. The summed E-state index contributed by atoms with van der Waals surface area (Å²) in [4.78, 5) is 24.2. The third-order valence-electron chi connectivity index (χ3n) is 3.70. The van der Waals surface area contributed by atoms with E-state index in [1.165, 1.54) is 25.1 Å². The first kappa shape index (κ1) is 18.1. The maximum absolute atomic E-state index is 13.6. The van der Waals surface area contributed by atoms with Crippen molar-refractivity contribution >= 4 is 11.8 Å². The molecular weight excluding hydrogens is 351 g/mol. The molecule has 3 aromatic rings. The minimum atomic E-state index is -1.01. The second-order valence-corrected chi connectivity index (χ2v) is 5.67. The Kier molecular flexibility index (Phi) is 5.46. The molecule has 7 nitrogen and oxygen atoms in total. The first-order chi connectivity index (χ1) is 13.0. The summed E-state index contributed by atoms with van der Waals surface area (Å²) in [7, 11) is 0. The lowest BCUT2D eigenvalue weighted by Crippen LogP contribution is -2.47. The van der Waals surface area contributed by atoms with E-state index in [1.807, 2.05) is 30.3 Å². The van der Waals surface area contributed by atoms with Gasteiger partial charge < -0.3 is 4.74 Å².